The van der Waals surface area contributed by atoms with E-state index in [4.69, 9.17) is 0 Å². The lowest BCUT2D eigenvalue weighted by Crippen LogP contribution is -2.31. The van der Waals surface area contributed by atoms with E-state index in [0.29, 0.717) is 6.54 Å². The molecule has 2 N–H and O–H groups in total. The van der Waals surface area contributed by atoms with Gasteiger partial charge in [0.2, 0.25) is 5.91 Å². The molecule has 108 valence electrons. The summed E-state index contributed by atoms with van der Waals surface area (Å²) in [6.45, 7) is 3.12. The number of aryl methyl sites for hydroxylation is 1. The van der Waals surface area contributed by atoms with Crippen LogP contribution in [0.15, 0.2) is 35.9 Å². The number of amides is 1. The van der Waals surface area contributed by atoms with E-state index in [2.05, 4.69) is 16.7 Å². The summed E-state index contributed by atoms with van der Waals surface area (Å²) in [5.74, 6) is 0.0599. The molecule has 1 aliphatic carbocycles. The topological polar surface area (TPSA) is 41.1 Å². The number of nitrogens with one attached hydrogen (secondary N) is 2. The Hall–Kier alpha value is -1.77. The molecule has 20 heavy (non-hydrogen) atoms. The van der Waals surface area contributed by atoms with Crippen molar-refractivity contribution in [1.29, 1.82) is 0 Å². The Balaban J connectivity index is 1.65. The second kappa shape index (κ2) is 7.73. The number of allylic oxidation sites excluding steroid dienone is 1. The molecule has 0 bridgehead atoms. The van der Waals surface area contributed by atoms with Crippen LogP contribution in [0.4, 0.5) is 5.69 Å². The van der Waals surface area contributed by atoms with Crippen molar-refractivity contribution in [2.75, 3.05) is 18.4 Å². The molecule has 0 saturated heterocycles. The SMILES string of the molecule is Cc1ccccc1NCC(=O)NCCC1=CCCCC1. The zero-order valence-electron chi connectivity index (χ0n) is 12.2. The molecule has 0 heterocycles. The van der Waals surface area contributed by atoms with Gasteiger partial charge >= 0.3 is 0 Å². The van der Waals surface area contributed by atoms with Gasteiger partial charge in [-0.05, 0) is 50.7 Å². The predicted octanol–water partition coefficient (Wildman–Crippen LogP) is 3.41. The number of carbonyl (C=O) groups excluding carboxylic acids is 1. The lowest BCUT2D eigenvalue weighted by atomic mass is 9.97. The van der Waals surface area contributed by atoms with Gasteiger partial charge in [0.05, 0.1) is 6.54 Å². The van der Waals surface area contributed by atoms with Gasteiger partial charge < -0.3 is 10.6 Å². The molecule has 0 unspecified atom stereocenters. The van der Waals surface area contributed by atoms with Gasteiger partial charge in [0.15, 0.2) is 0 Å². The van der Waals surface area contributed by atoms with Crippen molar-refractivity contribution in [3.8, 4) is 0 Å². The molecule has 3 heteroatoms. The smallest absolute Gasteiger partial charge is 0.239 e. The van der Waals surface area contributed by atoms with Crippen LogP contribution in [-0.4, -0.2) is 19.0 Å². The maximum atomic E-state index is 11.8. The van der Waals surface area contributed by atoms with E-state index < -0.39 is 0 Å². The van der Waals surface area contributed by atoms with Gasteiger partial charge in [-0.25, -0.2) is 0 Å². The van der Waals surface area contributed by atoms with Gasteiger partial charge in [0, 0.05) is 12.2 Å². The number of rotatable bonds is 6. The summed E-state index contributed by atoms with van der Waals surface area (Å²) in [6, 6.07) is 8.01. The first-order valence-corrected chi connectivity index (χ1v) is 7.50. The van der Waals surface area contributed by atoms with Gasteiger partial charge in [-0.2, -0.15) is 0 Å². The van der Waals surface area contributed by atoms with Crippen molar-refractivity contribution < 1.29 is 4.79 Å². The van der Waals surface area contributed by atoms with E-state index in [0.717, 1.165) is 24.2 Å². The molecule has 1 amide bonds. The quantitative estimate of drug-likeness (QED) is 0.779. The van der Waals surface area contributed by atoms with Gasteiger partial charge in [-0.1, -0.05) is 29.8 Å². The van der Waals surface area contributed by atoms with E-state index in [9.17, 15) is 4.79 Å². The predicted molar refractivity (Wildman–Crippen MR) is 83.8 cm³/mol. The summed E-state index contributed by atoms with van der Waals surface area (Å²) >= 11 is 0. The van der Waals surface area contributed by atoms with Crippen LogP contribution in [0.2, 0.25) is 0 Å². The zero-order chi connectivity index (χ0) is 14.2. The van der Waals surface area contributed by atoms with E-state index >= 15 is 0 Å². The highest BCUT2D eigenvalue weighted by Gasteiger charge is 2.05. The van der Waals surface area contributed by atoms with Crippen LogP contribution < -0.4 is 10.6 Å². The Morgan fingerprint density at radius 2 is 2.10 bits per heavy atom. The molecule has 0 fully saturated rings. The van der Waals surface area contributed by atoms with E-state index in [1.165, 1.54) is 31.3 Å². The van der Waals surface area contributed by atoms with E-state index in [1.807, 2.05) is 31.2 Å². The highest BCUT2D eigenvalue weighted by Crippen LogP contribution is 2.19. The normalized spacial score (nSPS) is 14.6. The standard InChI is InChI=1S/C17H24N2O/c1-14-7-5-6-10-16(14)19-13-17(20)18-12-11-15-8-3-2-4-9-15/h5-8,10,19H,2-4,9,11-13H2,1H3,(H,18,20). The molecule has 2 rings (SSSR count). The molecular formula is C17H24N2O. The van der Waals surface area contributed by atoms with Gasteiger partial charge in [0.1, 0.15) is 0 Å². The summed E-state index contributed by atoms with van der Waals surface area (Å²) in [7, 11) is 0. The van der Waals surface area contributed by atoms with Crippen LogP contribution in [0.3, 0.4) is 0 Å². The van der Waals surface area contributed by atoms with Gasteiger partial charge in [0.25, 0.3) is 0 Å². The van der Waals surface area contributed by atoms with Crippen LogP contribution >= 0.6 is 0 Å². The lowest BCUT2D eigenvalue weighted by Gasteiger charge is -2.13. The van der Waals surface area contributed by atoms with E-state index in [-0.39, 0.29) is 5.91 Å². The summed E-state index contributed by atoms with van der Waals surface area (Å²) in [4.78, 5) is 11.8. The molecule has 1 aromatic rings. The zero-order valence-corrected chi connectivity index (χ0v) is 12.2. The molecule has 1 aromatic carbocycles. The minimum Gasteiger partial charge on any atom is -0.376 e. The number of hydrogen-bond donors (Lipinski definition) is 2. The van der Waals surface area contributed by atoms with Crippen molar-refractivity contribution >= 4 is 11.6 Å². The lowest BCUT2D eigenvalue weighted by molar-refractivity contribution is -0.119. The molecule has 0 aromatic heterocycles. The summed E-state index contributed by atoms with van der Waals surface area (Å²) in [6.07, 6.45) is 8.36. The first-order valence-electron chi connectivity index (χ1n) is 7.50. The molecule has 1 aliphatic rings. The average molecular weight is 272 g/mol. The van der Waals surface area contributed by atoms with Crippen molar-refractivity contribution in [2.45, 2.75) is 39.0 Å². The number of benzene rings is 1. The fourth-order valence-electron chi connectivity index (χ4n) is 2.50. The van der Waals surface area contributed by atoms with Gasteiger partial charge in [-0.3, -0.25) is 4.79 Å². The second-order valence-electron chi connectivity index (χ2n) is 5.38. The molecule has 0 aliphatic heterocycles. The minimum atomic E-state index is 0.0599. The second-order valence-corrected chi connectivity index (χ2v) is 5.38. The first-order chi connectivity index (χ1) is 9.75. The third-order valence-electron chi connectivity index (χ3n) is 3.74. The van der Waals surface area contributed by atoms with Crippen LogP contribution in [0, 0.1) is 6.92 Å². The van der Waals surface area contributed by atoms with Crippen molar-refractivity contribution in [3.63, 3.8) is 0 Å². The van der Waals surface area contributed by atoms with Crippen LogP contribution in [0.5, 0.6) is 0 Å². The number of para-hydroxylation sites is 1. The fraction of sp³-hybridized carbons (Fsp3) is 0.471. The van der Waals surface area contributed by atoms with Crippen LogP contribution in [0.1, 0.15) is 37.7 Å². The minimum absolute atomic E-state index is 0.0599. The molecule has 0 atom stereocenters. The highest BCUT2D eigenvalue weighted by molar-refractivity contribution is 5.80. The highest BCUT2D eigenvalue weighted by atomic mass is 16.1. The Bertz CT molecular complexity index is 480. The molecule has 0 spiro atoms. The summed E-state index contributed by atoms with van der Waals surface area (Å²) in [5, 5.41) is 6.15. The molecular weight excluding hydrogens is 248 g/mol. The third-order valence-corrected chi connectivity index (χ3v) is 3.74. The summed E-state index contributed by atoms with van der Waals surface area (Å²) < 4.78 is 0. The van der Waals surface area contributed by atoms with Crippen molar-refractivity contribution in [3.05, 3.63) is 41.5 Å². The number of hydrogen-bond acceptors (Lipinski definition) is 2. The monoisotopic (exact) mass is 272 g/mol. The molecule has 0 radical (unpaired) electrons. The third kappa shape index (κ3) is 4.72. The van der Waals surface area contributed by atoms with Crippen molar-refractivity contribution in [1.82, 2.24) is 5.32 Å². The largest absolute Gasteiger partial charge is 0.376 e. The Kier molecular flexibility index (Phi) is 5.66. The number of anilines is 1. The summed E-state index contributed by atoms with van der Waals surface area (Å²) in [5.41, 5.74) is 3.69. The number of carbonyl (C=O) groups is 1. The molecule has 0 saturated carbocycles. The van der Waals surface area contributed by atoms with E-state index in [1.54, 1.807) is 0 Å². The Labute approximate surface area is 121 Å². The van der Waals surface area contributed by atoms with Crippen LogP contribution in [0.25, 0.3) is 0 Å². The Morgan fingerprint density at radius 3 is 2.85 bits per heavy atom. The van der Waals surface area contributed by atoms with Gasteiger partial charge in [-0.15, -0.1) is 0 Å². The Morgan fingerprint density at radius 1 is 1.25 bits per heavy atom. The van der Waals surface area contributed by atoms with Crippen molar-refractivity contribution in [2.24, 2.45) is 0 Å². The van der Waals surface area contributed by atoms with Crippen LogP contribution in [-0.2, 0) is 4.79 Å². The molecule has 3 nitrogen and oxygen atoms in total. The maximum absolute atomic E-state index is 11.8. The average Bonchev–Trinajstić information content (AvgIpc) is 2.47. The fourth-order valence-corrected chi connectivity index (χ4v) is 2.50. The maximum Gasteiger partial charge on any atom is 0.239 e. The first kappa shape index (κ1) is 14.6.